The molecule has 1 atom stereocenters. The summed E-state index contributed by atoms with van der Waals surface area (Å²) < 4.78 is 1.62. The Morgan fingerprint density at radius 1 is 1.40 bits per heavy atom. The van der Waals surface area contributed by atoms with Gasteiger partial charge in [-0.2, -0.15) is 0 Å². The average Bonchev–Trinajstić information content (AvgIpc) is 2.88. The number of H-pyrrole nitrogens is 1. The van der Waals surface area contributed by atoms with E-state index in [0.717, 1.165) is 36.0 Å². The molecule has 2 aromatic rings. The summed E-state index contributed by atoms with van der Waals surface area (Å²) in [4.78, 5) is 8.12. The van der Waals surface area contributed by atoms with Crippen molar-refractivity contribution in [2.24, 2.45) is 0 Å². The van der Waals surface area contributed by atoms with Gasteiger partial charge in [0.1, 0.15) is 10.5 Å². The molecule has 0 amide bonds. The molecule has 0 fully saturated rings. The number of benzene rings is 1. The zero-order chi connectivity index (χ0) is 14.1. The summed E-state index contributed by atoms with van der Waals surface area (Å²) in [5.41, 5.74) is 4.01. The van der Waals surface area contributed by atoms with Crippen LogP contribution in [-0.4, -0.2) is 9.97 Å². The van der Waals surface area contributed by atoms with Crippen LogP contribution in [0.3, 0.4) is 0 Å². The van der Waals surface area contributed by atoms with Crippen molar-refractivity contribution in [2.45, 2.75) is 38.5 Å². The molecule has 0 saturated carbocycles. The Balaban J connectivity index is 2.06. The summed E-state index contributed by atoms with van der Waals surface area (Å²) in [5.74, 6) is 1.38. The molecule has 1 aliphatic carbocycles. The van der Waals surface area contributed by atoms with Crippen LogP contribution in [0.15, 0.2) is 28.7 Å². The van der Waals surface area contributed by atoms with Crippen LogP contribution in [0.5, 0.6) is 0 Å². The largest absolute Gasteiger partial charge is 0.346 e. The van der Waals surface area contributed by atoms with Gasteiger partial charge in [-0.05, 0) is 46.3 Å². The average molecular weight is 349 g/mol. The molecule has 1 aromatic heterocycles. The summed E-state index contributed by atoms with van der Waals surface area (Å²) in [6.07, 6.45) is 4.33. The van der Waals surface area contributed by atoms with Crippen LogP contribution < -0.4 is 0 Å². The quantitative estimate of drug-likeness (QED) is 0.796. The molecule has 1 aromatic carbocycles. The SMILES string of the molecule is CCCc1[nH]c(C2CCc3ccccc32)nc(=S)c1Br. The monoisotopic (exact) mass is 348 g/mol. The number of rotatable bonds is 3. The Morgan fingerprint density at radius 3 is 3.00 bits per heavy atom. The number of hydrogen-bond donors (Lipinski definition) is 1. The van der Waals surface area contributed by atoms with Gasteiger partial charge in [-0.15, -0.1) is 0 Å². The third-order valence-corrected chi connectivity index (χ3v) is 5.33. The summed E-state index contributed by atoms with van der Waals surface area (Å²) >= 11 is 8.96. The predicted molar refractivity (Wildman–Crippen MR) is 87.7 cm³/mol. The predicted octanol–water partition coefficient (Wildman–Crippen LogP) is 4.93. The third-order valence-electron chi connectivity index (χ3n) is 3.92. The van der Waals surface area contributed by atoms with E-state index in [1.165, 1.54) is 16.8 Å². The Labute approximate surface area is 132 Å². The van der Waals surface area contributed by atoms with Crippen molar-refractivity contribution in [3.63, 3.8) is 0 Å². The molecular formula is C16H17BrN2S. The van der Waals surface area contributed by atoms with Gasteiger partial charge >= 0.3 is 0 Å². The molecule has 3 rings (SSSR count). The molecule has 1 aliphatic rings. The molecule has 0 saturated heterocycles. The van der Waals surface area contributed by atoms with Gasteiger partial charge in [0.2, 0.25) is 0 Å². The number of aryl methyl sites for hydroxylation is 2. The highest BCUT2D eigenvalue weighted by atomic mass is 79.9. The lowest BCUT2D eigenvalue weighted by molar-refractivity contribution is 0.709. The van der Waals surface area contributed by atoms with Gasteiger partial charge in [0.05, 0.1) is 4.47 Å². The van der Waals surface area contributed by atoms with Gasteiger partial charge in [-0.25, -0.2) is 4.98 Å². The van der Waals surface area contributed by atoms with Crippen LogP contribution in [-0.2, 0) is 12.8 Å². The van der Waals surface area contributed by atoms with Crippen molar-refractivity contribution < 1.29 is 0 Å². The molecule has 20 heavy (non-hydrogen) atoms. The van der Waals surface area contributed by atoms with Crippen molar-refractivity contribution in [3.8, 4) is 0 Å². The maximum absolute atomic E-state index is 5.40. The number of nitrogens with one attached hydrogen (secondary N) is 1. The first-order chi connectivity index (χ1) is 9.70. The van der Waals surface area contributed by atoms with E-state index in [2.05, 4.69) is 57.1 Å². The number of aromatic nitrogens is 2. The van der Waals surface area contributed by atoms with E-state index >= 15 is 0 Å². The van der Waals surface area contributed by atoms with Crippen molar-refractivity contribution in [1.82, 2.24) is 9.97 Å². The van der Waals surface area contributed by atoms with Gasteiger partial charge in [-0.3, -0.25) is 0 Å². The van der Waals surface area contributed by atoms with Crippen LogP contribution in [0.1, 0.15) is 48.3 Å². The molecule has 2 nitrogen and oxygen atoms in total. The Hall–Kier alpha value is -1.00. The number of hydrogen-bond acceptors (Lipinski definition) is 2. The van der Waals surface area contributed by atoms with Gasteiger partial charge in [0.25, 0.3) is 0 Å². The summed E-state index contributed by atoms with van der Waals surface area (Å²) in [6.45, 7) is 2.17. The second kappa shape index (κ2) is 5.78. The van der Waals surface area contributed by atoms with Gasteiger partial charge in [-0.1, -0.05) is 49.8 Å². The van der Waals surface area contributed by atoms with E-state index in [0.29, 0.717) is 10.6 Å². The first kappa shape index (κ1) is 14.0. The highest BCUT2D eigenvalue weighted by Crippen LogP contribution is 2.36. The van der Waals surface area contributed by atoms with E-state index in [1.54, 1.807) is 0 Å². The van der Waals surface area contributed by atoms with E-state index in [-0.39, 0.29) is 0 Å². The second-order valence-electron chi connectivity index (χ2n) is 5.26. The first-order valence-corrected chi connectivity index (χ1v) is 8.27. The summed E-state index contributed by atoms with van der Waals surface area (Å²) in [5, 5.41) is 0. The topological polar surface area (TPSA) is 28.7 Å². The van der Waals surface area contributed by atoms with Crippen LogP contribution in [0.2, 0.25) is 0 Å². The first-order valence-electron chi connectivity index (χ1n) is 7.07. The van der Waals surface area contributed by atoms with Crippen molar-refractivity contribution in [3.05, 3.63) is 56.0 Å². The molecular weight excluding hydrogens is 332 g/mol. The van der Waals surface area contributed by atoms with Crippen LogP contribution in [0.4, 0.5) is 0 Å². The fourth-order valence-electron chi connectivity index (χ4n) is 2.95. The number of nitrogens with zero attached hydrogens (tertiary/aromatic N) is 1. The number of aromatic amines is 1. The maximum Gasteiger partial charge on any atom is 0.144 e. The molecule has 1 N–H and O–H groups in total. The lowest BCUT2D eigenvalue weighted by Gasteiger charge is -2.14. The van der Waals surface area contributed by atoms with E-state index in [9.17, 15) is 0 Å². The minimum atomic E-state index is 0.358. The Bertz CT molecular complexity index is 693. The van der Waals surface area contributed by atoms with Gasteiger partial charge in [0.15, 0.2) is 0 Å². The molecule has 0 radical (unpaired) electrons. The fourth-order valence-corrected chi connectivity index (χ4v) is 3.56. The van der Waals surface area contributed by atoms with Crippen LogP contribution in [0.25, 0.3) is 0 Å². The third kappa shape index (κ3) is 2.47. The number of halogens is 1. The number of fused-ring (bicyclic) bond motifs is 1. The van der Waals surface area contributed by atoms with Crippen LogP contribution in [0, 0.1) is 4.64 Å². The molecule has 104 valence electrons. The molecule has 0 aliphatic heterocycles. The van der Waals surface area contributed by atoms with Crippen molar-refractivity contribution in [1.29, 1.82) is 0 Å². The van der Waals surface area contributed by atoms with Crippen molar-refractivity contribution in [2.75, 3.05) is 0 Å². The molecule has 0 spiro atoms. The maximum atomic E-state index is 5.40. The zero-order valence-corrected chi connectivity index (χ0v) is 13.9. The second-order valence-corrected chi connectivity index (χ2v) is 6.44. The lowest BCUT2D eigenvalue weighted by atomic mass is 10.0. The highest BCUT2D eigenvalue weighted by molar-refractivity contribution is 9.10. The van der Waals surface area contributed by atoms with Gasteiger partial charge in [0, 0.05) is 11.6 Å². The zero-order valence-electron chi connectivity index (χ0n) is 11.4. The minimum absolute atomic E-state index is 0.358. The summed E-state index contributed by atoms with van der Waals surface area (Å²) in [7, 11) is 0. The smallest absolute Gasteiger partial charge is 0.144 e. The molecule has 1 heterocycles. The summed E-state index contributed by atoms with van der Waals surface area (Å²) in [6, 6.07) is 8.65. The normalized spacial score (nSPS) is 17.2. The highest BCUT2D eigenvalue weighted by Gasteiger charge is 2.25. The van der Waals surface area contributed by atoms with Crippen molar-refractivity contribution >= 4 is 28.1 Å². The van der Waals surface area contributed by atoms with E-state index < -0.39 is 0 Å². The van der Waals surface area contributed by atoms with Gasteiger partial charge < -0.3 is 4.98 Å². The Morgan fingerprint density at radius 2 is 2.20 bits per heavy atom. The Kier molecular flexibility index (Phi) is 4.03. The van der Waals surface area contributed by atoms with E-state index in [1.807, 2.05) is 0 Å². The molecule has 0 bridgehead atoms. The fraction of sp³-hybridized carbons (Fsp3) is 0.375. The van der Waals surface area contributed by atoms with E-state index in [4.69, 9.17) is 12.2 Å². The standard InChI is InChI=1S/C16H17BrN2S/c1-2-5-13-14(17)16(20)19-15(18-13)12-9-8-10-6-3-4-7-11(10)12/h3-4,6-7,12H,2,5,8-9H2,1H3,(H,18,19,20). The lowest BCUT2D eigenvalue weighted by Crippen LogP contribution is -2.07. The molecule has 4 heteroatoms. The molecule has 1 unspecified atom stereocenters. The minimum Gasteiger partial charge on any atom is -0.346 e. The van der Waals surface area contributed by atoms with Crippen LogP contribution >= 0.6 is 28.1 Å².